The van der Waals surface area contributed by atoms with Gasteiger partial charge in [0, 0.05) is 0 Å². The van der Waals surface area contributed by atoms with Gasteiger partial charge < -0.3 is 0 Å². The summed E-state index contributed by atoms with van der Waals surface area (Å²) in [6, 6.07) is 7.41. The average molecular weight is 828 g/mol. The Kier molecular flexibility index (Phi) is 14.0. The summed E-state index contributed by atoms with van der Waals surface area (Å²) in [7, 11) is 0. The Morgan fingerprint density at radius 1 is 0.595 bits per heavy atom. The topological polar surface area (TPSA) is 0 Å². The van der Waals surface area contributed by atoms with Crippen LogP contribution in [0, 0.1) is 23.5 Å². The van der Waals surface area contributed by atoms with Crippen molar-refractivity contribution in [1.82, 2.24) is 0 Å². The van der Waals surface area contributed by atoms with Crippen molar-refractivity contribution in [2.24, 2.45) is 11.8 Å². The van der Waals surface area contributed by atoms with Crippen LogP contribution in [-0.4, -0.2) is 36.8 Å². The molecule has 0 spiro atoms. The molecule has 0 aliphatic heterocycles. The van der Waals surface area contributed by atoms with Crippen LogP contribution in [0.4, 0.5) is 8.78 Å². The molecule has 0 saturated carbocycles. The van der Waals surface area contributed by atoms with Crippen LogP contribution in [0.5, 0.6) is 0 Å². The molecule has 2 atom stereocenters. The van der Waals surface area contributed by atoms with Gasteiger partial charge in [0.1, 0.15) is 0 Å². The summed E-state index contributed by atoms with van der Waals surface area (Å²) in [5, 5.41) is 0. The third-order valence-corrected chi connectivity index (χ3v) is 30.3. The Labute approximate surface area is 272 Å². The minimum atomic E-state index is -2.45. The van der Waals surface area contributed by atoms with Crippen molar-refractivity contribution in [3.8, 4) is 20.9 Å². The van der Waals surface area contributed by atoms with Crippen molar-refractivity contribution in [3.05, 3.63) is 47.0 Å². The van der Waals surface area contributed by atoms with Crippen molar-refractivity contribution in [2.75, 3.05) is 0 Å². The first kappa shape index (κ1) is 36.5. The van der Waals surface area contributed by atoms with Crippen LogP contribution in [0.2, 0.25) is 29.6 Å². The van der Waals surface area contributed by atoms with E-state index in [9.17, 15) is 0 Å². The summed E-state index contributed by atoms with van der Waals surface area (Å²) < 4.78 is 34.9. The van der Waals surface area contributed by atoms with Gasteiger partial charge in [-0.1, -0.05) is 0 Å². The van der Waals surface area contributed by atoms with E-state index in [-0.39, 0.29) is 11.6 Å². The molecule has 0 amide bonds. The fourth-order valence-electron chi connectivity index (χ4n) is 6.13. The number of rotatable bonds is 16. The van der Waals surface area contributed by atoms with Crippen molar-refractivity contribution in [3.63, 3.8) is 0 Å². The number of unbranched alkanes of at least 4 members (excludes halogenated alkanes) is 2. The molecule has 2 unspecified atom stereocenters. The van der Waals surface area contributed by atoms with Gasteiger partial charge in [-0.05, 0) is 0 Å². The van der Waals surface area contributed by atoms with Crippen molar-refractivity contribution >= 4 is 65.2 Å². The van der Waals surface area contributed by atoms with Gasteiger partial charge in [-0.2, -0.15) is 0 Å². The SMILES string of the molecule is CCCCC(CC)Cc1cc(-c2cc(F)c(-c3cc(CC(CC)CCCC)[c]([Sn]([CH3])([CH3])[CH3])s3)cc2F)s[c]1[Sn]([CH3])([CH3])[CH3]. The summed E-state index contributed by atoms with van der Waals surface area (Å²) in [5.41, 5.74) is 3.68. The fraction of sp³-hybridized carbons (Fsp3) is 0.611. The number of halogens is 2. The molecule has 234 valence electrons. The molecule has 0 aliphatic carbocycles. The summed E-state index contributed by atoms with van der Waals surface area (Å²) in [6.07, 6.45) is 11.9. The van der Waals surface area contributed by atoms with Crippen LogP contribution in [0.3, 0.4) is 0 Å². The molecule has 0 N–H and O–H groups in total. The van der Waals surface area contributed by atoms with Gasteiger partial charge >= 0.3 is 275 Å². The first-order valence-corrected chi connectivity index (χ1v) is 38.1. The molecule has 0 radical (unpaired) electrons. The fourth-order valence-corrected chi connectivity index (χ4v) is 22.3. The van der Waals surface area contributed by atoms with E-state index < -0.39 is 36.8 Å². The second kappa shape index (κ2) is 16.1. The normalized spacial score (nSPS) is 14.0. The molecule has 0 aliphatic rings. The van der Waals surface area contributed by atoms with E-state index in [2.05, 4.69) is 69.5 Å². The molecule has 1 aromatic carbocycles. The van der Waals surface area contributed by atoms with Crippen LogP contribution in [-0.2, 0) is 12.8 Å². The minimum absolute atomic E-state index is 0.293. The van der Waals surface area contributed by atoms with Crippen LogP contribution in [0.1, 0.15) is 90.2 Å². The second-order valence-corrected chi connectivity index (χ2v) is 47.2. The summed E-state index contributed by atoms with van der Waals surface area (Å²) >= 11 is -1.41. The monoisotopic (exact) mass is 830 g/mol. The van der Waals surface area contributed by atoms with E-state index in [0.29, 0.717) is 23.0 Å². The third kappa shape index (κ3) is 9.54. The van der Waals surface area contributed by atoms with E-state index >= 15 is 8.78 Å². The Bertz CT molecular complexity index is 1190. The predicted molar refractivity (Wildman–Crippen MR) is 193 cm³/mol. The molecule has 0 bridgehead atoms. The zero-order chi connectivity index (χ0) is 31.2. The van der Waals surface area contributed by atoms with Crippen molar-refractivity contribution < 1.29 is 8.78 Å². The molecule has 2 aromatic heterocycles. The molecule has 0 fully saturated rings. The van der Waals surface area contributed by atoms with Gasteiger partial charge in [-0.25, -0.2) is 0 Å². The van der Waals surface area contributed by atoms with Crippen LogP contribution in [0.25, 0.3) is 20.9 Å². The molecule has 3 rings (SSSR count). The molecule has 3 aromatic rings. The summed E-state index contributed by atoms with van der Waals surface area (Å²) in [5.74, 6) is 0.734. The molecule has 0 nitrogen and oxygen atoms in total. The van der Waals surface area contributed by atoms with E-state index in [0.717, 1.165) is 22.6 Å². The maximum atomic E-state index is 16.0. The summed E-state index contributed by atoms with van der Waals surface area (Å²) in [6.45, 7) is 9.10. The van der Waals surface area contributed by atoms with E-state index in [4.69, 9.17) is 0 Å². The maximum absolute atomic E-state index is 16.0. The van der Waals surface area contributed by atoms with Gasteiger partial charge in [0.15, 0.2) is 0 Å². The van der Waals surface area contributed by atoms with Crippen molar-refractivity contribution in [1.29, 1.82) is 0 Å². The Morgan fingerprint density at radius 3 is 1.24 bits per heavy atom. The molecule has 0 saturated heterocycles. The zero-order valence-electron chi connectivity index (χ0n) is 28.1. The Balaban J connectivity index is 2.02. The van der Waals surface area contributed by atoms with Gasteiger partial charge in [0.25, 0.3) is 0 Å². The Morgan fingerprint density at radius 2 is 0.952 bits per heavy atom. The first-order valence-electron chi connectivity index (χ1n) is 16.5. The van der Waals surface area contributed by atoms with Crippen LogP contribution < -0.4 is 5.79 Å². The number of benzene rings is 1. The van der Waals surface area contributed by atoms with Crippen LogP contribution in [0.15, 0.2) is 24.3 Å². The van der Waals surface area contributed by atoms with E-state index in [1.807, 2.05) is 0 Å². The summed E-state index contributed by atoms with van der Waals surface area (Å²) in [4.78, 5) is 16.5. The third-order valence-electron chi connectivity index (χ3n) is 8.67. The Hall–Kier alpha value is 0.0774. The molecule has 42 heavy (non-hydrogen) atoms. The number of thiophene rings is 2. The molecule has 6 heteroatoms. The average Bonchev–Trinajstić information content (AvgIpc) is 3.54. The predicted octanol–water partition coefficient (Wildman–Crippen LogP) is 12.0. The molecular formula is C36H56F2S2Sn2. The quantitative estimate of drug-likeness (QED) is 0.126. The number of hydrogen-bond donors (Lipinski definition) is 0. The van der Waals surface area contributed by atoms with E-state index in [1.54, 1.807) is 22.7 Å². The van der Waals surface area contributed by atoms with Gasteiger partial charge in [0.2, 0.25) is 0 Å². The standard InChI is InChI=1S/C30H38F2S2.6CH3.2Sn/c1-5-9-11-21(7-3)13-23-15-29(33-19-23)25-17-28(32)26(18-27(25)31)30-16-24(20-34-30)14-22(8-4)12-10-6-2;;;;;;;;/h15-18,21-22H,5-14H2,1-4H3;6*1H3;;. The van der Waals surface area contributed by atoms with Crippen LogP contribution >= 0.6 is 22.7 Å². The molecular weight excluding hydrogens is 772 g/mol. The molecule has 2 heterocycles. The van der Waals surface area contributed by atoms with Gasteiger partial charge in [-0.15, -0.1) is 0 Å². The number of hydrogen-bond acceptors (Lipinski definition) is 2. The first-order chi connectivity index (χ1) is 19.7. The van der Waals surface area contributed by atoms with E-state index in [1.165, 1.54) is 80.4 Å². The zero-order valence-corrected chi connectivity index (χ0v) is 35.4. The second-order valence-electron chi connectivity index (χ2n) is 14.5. The van der Waals surface area contributed by atoms with Gasteiger partial charge in [-0.3, -0.25) is 0 Å². The van der Waals surface area contributed by atoms with Gasteiger partial charge in [0.05, 0.1) is 0 Å². The van der Waals surface area contributed by atoms with Crippen molar-refractivity contribution in [2.45, 2.75) is 122 Å².